The second-order valence-corrected chi connectivity index (χ2v) is 8.82. The molecule has 1 atom stereocenters. The molecule has 3 rings (SSSR count). The van der Waals surface area contributed by atoms with E-state index in [4.69, 9.17) is 14.9 Å². The minimum absolute atomic E-state index is 0.000125. The van der Waals surface area contributed by atoms with E-state index in [1.165, 1.54) is 18.2 Å². The van der Waals surface area contributed by atoms with Gasteiger partial charge < -0.3 is 14.8 Å². The fourth-order valence-corrected chi connectivity index (χ4v) is 3.55. The molecule has 182 valence electrons. The van der Waals surface area contributed by atoms with E-state index in [-0.39, 0.29) is 17.3 Å². The first kappa shape index (κ1) is 25.8. The normalized spacial score (nSPS) is 12.3. The summed E-state index contributed by atoms with van der Waals surface area (Å²) in [6, 6.07) is 11.0. The van der Waals surface area contributed by atoms with Crippen molar-refractivity contribution in [1.29, 1.82) is 5.41 Å². The largest absolute Gasteiger partial charge is 0.461 e. The highest BCUT2D eigenvalue weighted by molar-refractivity contribution is 9.10. The van der Waals surface area contributed by atoms with Gasteiger partial charge in [-0.05, 0) is 66.0 Å². The first-order valence-corrected chi connectivity index (χ1v) is 11.5. The number of carbonyl (C=O) groups is 1. The SMILES string of the molecule is CCCC(C)(OC(=N)c1ccccc1[N+](=O)[O-])C(=O)Nc1ccc(Oc2ncc(Br)cn2)c(C)c1. The van der Waals surface area contributed by atoms with Gasteiger partial charge in [-0.1, -0.05) is 25.5 Å². The number of benzene rings is 2. The molecular formula is C24H24BrN5O5. The number of hydrogen-bond acceptors (Lipinski definition) is 8. The van der Waals surface area contributed by atoms with Crippen LogP contribution in [0, 0.1) is 22.4 Å². The third-order valence-electron chi connectivity index (χ3n) is 5.11. The minimum atomic E-state index is -1.43. The molecule has 0 spiro atoms. The van der Waals surface area contributed by atoms with Gasteiger partial charge in [-0.2, -0.15) is 0 Å². The van der Waals surface area contributed by atoms with Crippen LogP contribution >= 0.6 is 15.9 Å². The number of nitro benzene ring substituents is 1. The molecule has 0 fully saturated rings. The fraction of sp³-hybridized carbons (Fsp3) is 0.250. The summed E-state index contributed by atoms with van der Waals surface area (Å²) in [6.07, 6.45) is 4.03. The Labute approximate surface area is 210 Å². The maximum atomic E-state index is 13.2. The first-order valence-electron chi connectivity index (χ1n) is 10.7. The average molecular weight is 542 g/mol. The molecule has 0 bridgehead atoms. The van der Waals surface area contributed by atoms with E-state index in [0.29, 0.717) is 24.3 Å². The van der Waals surface area contributed by atoms with Gasteiger partial charge in [-0.25, -0.2) is 9.97 Å². The van der Waals surface area contributed by atoms with Crippen LogP contribution in [0.5, 0.6) is 11.8 Å². The van der Waals surface area contributed by atoms with Crippen molar-refractivity contribution in [2.24, 2.45) is 0 Å². The maximum Gasteiger partial charge on any atom is 0.321 e. The summed E-state index contributed by atoms with van der Waals surface area (Å²) in [5.41, 5.74) is -0.457. The number of anilines is 1. The number of ether oxygens (including phenoxy) is 2. The number of rotatable bonds is 9. The molecule has 11 heteroatoms. The zero-order chi connectivity index (χ0) is 25.6. The number of carbonyl (C=O) groups excluding carboxylic acids is 1. The van der Waals surface area contributed by atoms with Gasteiger partial charge in [0.15, 0.2) is 5.60 Å². The molecular weight excluding hydrogens is 518 g/mol. The van der Waals surface area contributed by atoms with Crippen LogP contribution in [0.3, 0.4) is 0 Å². The standard InChI is InChI=1S/C24H24BrN5O5/c1-4-11-24(3,35-21(26)18-7-5-6-8-19(18)30(32)33)22(31)29-17-9-10-20(15(2)12-17)34-23-27-13-16(25)14-28-23/h5-10,12-14,26H,4,11H2,1-3H3,(H,29,31). The lowest BCUT2D eigenvalue weighted by Crippen LogP contribution is -2.44. The third kappa shape index (κ3) is 6.38. The van der Waals surface area contributed by atoms with E-state index in [9.17, 15) is 14.9 Å². The number of aryl methyl sites for hydroxylation is 1. The van der Waals surface area contributed by atoms with E-state index in [0.717, 1.165) is 10.0 Å². The number of para-hydroxylation sites is 1. The van der Waals surface area contributed by atoms with E-state index < -0.39 is 22.3 Å². The van der Waals surface area contributed by atoms with Gasteiger partial charge in [-0.15, -0.1) is 0 Å². The van der Waals surface area contributed by atoms with Crippen LogP contribution in [0.4, 0.5) is 11.4 Å². The van der Waals surface area contributed by atoms with Crippen molar-refractivity contribution in [2.45, 2.75) is 39.2 Å². The van der Waals surface area contributed by atoms with E-state index in [2.05, 4.69) is 31.2 Å². The molecule has 0 aliphatic rings. The number of nitrogens with zero attached hydrogens (tertiary/aromatic N) is 3. The molecule has 1 heterocycles. The molecule has 0 saturated carbocycles. The van der Waals surface area contributed by atoms with Gasteiger partial charge in [0.05, 0.1) is 9.40 Å². The van der Waals surface area contributed by atoms with Crippen LogP contribution < -0.4 is 10.1 Å². The van der Waals surface area contributed by atoms with Crippen LogP contribution in [0.15, 0.2) is 59.3 Å². The monoisotopic (exact) mass is 541 g/mol. The van der Waals surface area contributed by atoms with Crippen molar-refractivity contribution in [2.75, 3.05) is 5.32 Å². The Bertz CT molecular complexity index is 1250. The van der Waals surface area contributed by atoms with Crippen LogP contribution in [0.2, 0.25) is 0 Å². The van der Waals surface area contributed by atoms with Gasteiger partial charge in [0.1, 0.15) is 11.3 Å². The Morgan fingerprint density at radius 2 is 1.91 bits per heavy atom. The van der Waals surface area contributed by atoms with E-state index in [1.54, 1.807) is 43.6 Å². The summed E-state index contributed by atoms with van der Waals surface area (Å²) in [7, 11) is 0. The van der Waals surface area contributed by atoms with Crippen molar-refractivity contribution >= 4 is 39.1 Å². The molecule has 3 aromatic rings. The number of hydrogen-bond donors (Lipinski definition) is 2. The molecule has 2 aromatic carbocycles. The van der Waals surface area contributed by atoms with Gasteiger partial charge in [0.2, 0.25) is 5.90 Å². The molecule has 1 aromatic heterocycles. The second kappa shape index (κ2) is 11.0. The summed E-state index contributed by atoms with van der Waals surface area (Å²) < 4.78 is 12.2. The number of nitro groups is 1. The predicted octanol–water partition coefficient (Wildman–Crippen LogP) is 5.79. The Morgan fingerprint density at radius 3 is 2.54 bits per heavy atom. The molecule has 0 aliphatic heterocycles. The number of halogens is 1. The van der Waals surface area contributed by atoms with Gasteiger partial charge in [0.25, 0.3) is 11.6 Å². The van der Waals surface area contributed by atoms with Crippen molar-refractivity contribution in [3.8, 4) is 11.8 Å². The molecule has 0 radical (unpaired) electrons. The minimum Gasteiger partial charge on any atom is -0.461 e. The summed E-state index contributed by atoms with van der Waals surface area (Å²) >= 11 is 3.27. The average Bonchev–Trinajstić information content (AvgIpc) is 2.82. The van der Waals surface area contributed by atoms with E-state index >= 15 is 0 Å². The summed E-state index contributed by atoms with van der Waals surface area (Å²) in [4.78, 5) is 32.1. The van der Waals surface area contributed by atoms with Crippen molar-refractivity contribution in [1.82, 2.24) is 9.97 Å². The Morgan fingerprint density at radius 1 is 1.23 bits per heavy atom. The lowest BCUT2D eigenvalue weighted by Gasteiger charge is -2.29. The molecule has 35 heavy (non-hydrogen) atoms. The lowest BCUT2D eigenvalue weighted by atomic mass is 9.98. The van der Waals surface area contributed by atoms with Crippen molar-refractivity contribution in [3.05, 3.63) is 80.6 Å². The molecule has 0 aliphatic carbocycles. The van der Waals surface area contributed by atoms with Crippen LogP contribution in [0.25, 0.3) is 0 Å². The number of aromatic nitrogens is 2. The smallest absolute Gasteiger partial charge is 0.321 e. The second-order valence-electron chi connectivity index (χ2n) is 7.91. The number of nitrogens with one attached hydrogen (secondary N) is 2. The van der Waals surface area contributed by atoms with Gasteiger partial charge >= 0.3 is 6.01 Å². The maximum absolute atomic E-state index is 13.2. The van der Waals surface area contributed by atoms with E-state index in [1.807, 2.05) is 13.8 Å². The lowest BCUT2D eigenvalue weighted by molar-refractivity contribution is -0.385. The highest BCUT2D eigenvalue weighted by atomic mass is 79.9. The third-order valence-corrected chi connectivity index (χ3v) is 5.52. The van der Waals surface area contributed by atoms with Crippen LogP contribution in [-0.2, 0) is 9.53 Å². The summed E-state index contributed by atoms with van der Waals surface area (Å²) in [6.45, 7) is 5.25. The molecule has 10 nitrogen and oxygen atoms in total. The quantitative estimate of drug-likeness (QED) is 0.151. The molecule has 1 amide bonds. The summed E-state index contributed by atoms with van der Waals surface area (Å²) in [5.74, 6) is -0.402. The summed E-state index contributed by atoms with van der Waals surface area (Å²) in [5, 5.41) is 22.5. The van der Waals surface area contributed by atoms with Gasteiger partial charge in [0, 0.05) is 24.1 Å². The zero-order valence-corrected chi connectivity index (χ0v) is 21.0. The molecule has 2 N–H and O–H groups in total. The number of amides is 1. The molecule has 1 unspecified atom stereocenters. The Hall–Kier alpha value is -3.86. The fourth-order valence-electron chi connectivity index (χ4n) is 3.35. The van der Waals surface area contributed by atoms with Crippen LogP contribution in [0.1, 0.15) is 37.8 Å². The highest BCUT2D eigenvalue weighted by Gasteiger charge is 2.37. The Kier molecular flexibility index (Phi) is 8.13. The highest BCUT2D eigenvalue weighted by Crippen LogP contribution is 2.29. The van der Waals surface area contributed by atoms with Crippen molar-refractivity contribution in [3.63, 3.8) is 0 Å². The van der Waals surface area contributed by atoms with Crippen LogP contribution in [-0.4, -0.2) is 32.3 Å². The Balaban J connectivity index is 1.76. The first-order chi connectivity index (χ1) is 16.6. The topological polar surface area (TPSA) is 140 Å². The van der Waals surface area contributed by atoms with Crippen molar-refractivity contribution < 1.29 is 19.2 Å². The molecule has 0 saturated heterocycles. The van der Waals surface area contributed by atoms with Gasteiger partial charge in [-0.3, -0.25) is 20.3 Å². The zero-order valence-electron chi connectivity index (χ0n) is 19.4. The predicted molar refractivity (Wildman–Crippen MR) is 134 cm³/mol.